The van der Waals surface area contributed by atoms with Gasteiger partial charge in [0.1, 0.15) is 12.1 Å². The first kappa shape index (κ1) is 23.3. The molecule has 1 aromatic carbocycles. The van der Waals surface area contributed by atoms with Crippen molar-refractivity contribution >= 4 is 34.8 Å². The van der Waals surface area contributed by atoms with Gasteiger partial charge in [0.15, 0.2) is 0 Å². The quantitative estimate of drug-likeness (QED) is 0.272. The van der Waals surface area contributed by atoms with Crippen LogP contribution in [-0.4, -0.2) is 70.2 Å². The molecule has 3 rings (SSSR count). The second kappa shape index (κ2) is 11.3. The summed E-state index contributed by atoms with van der Waals surface area (Å²) in [5.41, 5.74) is 10.2. The summed E-state index contributed by atoms with van der Waals surface area (Å²) >= 11 is 0. The molecule has 32 heavy (non-hydrogen) atoms. The number of nitrogens with one attached hydrogen (secondary N) is 2. The summed E-state index contributed by atoms with van der Waals surface area (Å²) in [6.45, 7) is 1.08. The highest BCUT2D eigenvalue weighted by molar-refractivity contribution is 6.25. The van der Waals surface area contributed by atoms with Gasteiger partial charge in [-0.15, -0.1) is 0 Å². The molecular weight excluding hydrogens is 416 g/mol. The number of ether oxygens (including phenoxy) is 2. The zero-order valence-corrected chi connectivity index (χ0v) is 17.5. The van der Waals surface area contributed by atoms with E-state index in [9.17, 15) is 19.5 Å². The minimum atomic E-state index is -1.28. The molecule has 0 radical (unpaired) electrons. The number of rotatable bonds is 11. The summed E-state index contributed by atoms with van der Waals surface area (Å²) in [6.07, 6.45) is 2.68. The van der Waals surface area contributed by atoms with Crippen LogP contribution in [0.5, 0.6) is 0 Å². The van der Waals surface area contributed by atoms with E-state index in [1.807, 2.05) is 30.5 Å². The molecule has 3 N–H and O–H groups in total. The third-order valence-electron chi connectivity index (χ3n) is 5.39. The lowest BCUT2D eigenvalue weighted by molar-refractivity contribution is -0.148. The first-order valence-corrected chi connectivity index (χ1v) is 10.5. The number of carbonyl (C=O) groups excluding carboxylic acids is 2. The molecule has 2 aromatic rings. The van der Waals surface area contributed by atoms with Gasteiger partial charge in [0, 0.05) is 43.2 Å². The fraction of sp³-hybridized carbons (Fsp3) is 0.455. The van der Waals surface area contributed by atoms with Crippen molar-refractivity contribution in [2.75, 3.05) is 13.2 Å². The molecule has 2 heterocycles. The van der Waals surface area contributed by atoms with E-state index in [0.717, 1.165) is 16.5 Å². The number of para-hydroxylation sites is 1. The molecule has 1 saturated heterocycles. The van der Waals surface area contributed by atoms with Crippen LogP contribution in [0, 0.1) is 0 Å². The predicted molar refractivity (Wildman–Crippen MR) is 114 cm³/mol. The van der Waals surface area contributed by atoms with E-state index < -0.39 is 29.8 Å². The zero-order valence-electron chi connectivity index (χ0n) is 17.5. The molecular formula is C22H26N4O6. The standard InChI is InChI=1S/C22H26N4O6/c23-25-13-15(27)5-6-19(22(29)30)26-21(28)20(32-16-7-9-31-10-8-16)11-14-12-24-18-4-2-1-3-17(14)18/h1-4,12-13,16,19-20,24H,5-11H2,(H,26,28)(H,29,30)/t19-,20-/m0/s1. The lowest BCUT2D eigenvalue weighted by Crippen LogP contribution is -2.48. The number of carboxylic acid groups (broad SMARTS) is 1. The fourth-order valence-corrected chi connectivity index (χ4v) is 3.68. The van der Waals surface area contributed by atoms with Crippen LogP contribution in [0.2, 0.25) is 0 Å². The second-order valence-corrected chi connectivity index (χ2v) is 7.65. The Kier molecular flexibility index (Phi) is 8.27. The number of aliphatic carboxylic acids is 1. The Balaban J connectivity index is 1.74. The number of Topliss-reactive ketones (excluding diaryl/α,β-unsaturated/α-hetero) is 1. The van der Waals surface area contributed by atoms with Crippen LogP contribution in [-0.2, 0) is 30.3 Å². The Morgan fingerprint density at radius 2 is 2.06 bits per heavy atom. The first-order chi connectivity index (χ1) is 15.5. The highest BCUT2D eigenvalue weighted by Crippen LogP contribution is 2.22. The molecule has 170 valence electrons. The average Bonchev–Trinajstić information content (AvgIpc) is 3.19. The normalized spacial score (nSPS) is 16.1. The van der Waals surface area contributed by atoms with Crippen molar-refractivity contribution in [2.24, 2.45) is 0 Å². The van der Waals surface area contributed by atoms with E-state index in [-0.39, 0.29) is 25.4 Å². The highest BCUT2D eigenvalue weighted by Gasteiger charge is 2.30. The van der Waals surface area contributed by atoms with Gasteiger partial charge in [-0.05, 0) is 30.9 Å². The first-order valence-electron chi connectivity index (χ1n) is 10.5. The van der Waals surface area contributed by atoms with Gasteiger partial charge in [0.25, 0.3) is 0 Å². The van der Waals surface area contributed by atoms with Crippen molar-refractivity contribution in [1.82, 2.24) is 10.3 Å². The van der Waals surface area contributed by atoms with Gasteiger partial charge in [-0.25, -0.2) is 4.79 Å². The Bertz CT molecular complexity index is 1010. The highest BCUT2D eigenvalue weighted by atomic mass is 16.5. The van der Waals surface area contributed by atoms with Gasteiger partial charge in [-0.2, -0.15) is 4.79 Å². The number of fused-ring (bicyclic) bond motifs is 1. The van der Waals surface area contributed by atoms with Crippen molar-refractivity contribution in [3.05, 3.63) is 41.6 Å². The second-order valence-electron chi connectivity index (χ2n) is 7.65. The lowest BCUT2D eigenvalue weighted by atomic mass is 10.0. The van der Waals surface area contributed by atoms with Crippen LogP contribution in [0.15, 0.2) is 30.5 Å². The third-order valence-corrected chi connectivity index (χ3v) is 5.39. The summed E-state index contributed by atoms with van der Waals surface area (Å²) in [5.74, 6) is -2.36. The smallest absolute Gasteiger partial charge is 0.326 e. The SMILES string of the molecule is [N-]=[N+]=CC(=O)CC[C@H](NC(=O)[C@H](Cc1c[nH]c2ccccc12)OC1CCOCC1)C(=O)O. The van der Waals surface area contributed by atoms with Crippen LogP contribution in [0.4, 0.5) is 0 Å². The van der Waals surface area contributed by atoms with Gasteiger partial charge in [0.05, 0.1) is 6.10 Å². The maximum Gasteiger partial charge on any atom is 0.326 e. The molecule has 1 aliphatic rings. The summed E-state index contributed by atoms with van der Waals surface area (Å²) < 4.78 is 11.5. The summed E-state index contributed by atoms with van der Waals surface area (Å²) in [7, 11) is 0. The molecule has 1 fully saturated rings. The van der Waals surface area contributed by atoms with Crippen LogP contribution in [0.1, 0.15) is 31.2 Å². The maximum absolute atomic E-state index is 13.1. The van der Waals surface area contributed by atoms with E-state index in [2.05, 4.69) is 15.1 Å². The summed E-state index contributed by atoms with van der Waals surface area (Å²) in [5, 5.41) is 13.0. The zero-order chi connectivity index (χ0) is 22.9. The van der Waals surface area contributed by atoms with E-state index in [1.54, 1.807) is 0 Å². The van der Waals surface area contributed by atoms with Crippen molar-refractivity contribution in [2.45, 2.75) is 50.4 Å². The number of aromatic amines is 1. The number of hydrogen-bond acceptors (Lipinski definition) is 5. The molecule has 0 saturated carbocycles. The maximum atomic E-state index is 13.1. The molecule has 2 atom stereocenters. The fourth-order valence-electron chi connectivity index (χ4n) is 3.68. The van der Waals surface area contributed by atoms with E-state index in [1.165, 1.54) is 0 Å². The largest absolute Gasteiger partial charge is 0.480 e. The molecule has 0 aliphatic carbocycles. The monoisotopic (exact) mass is 442 g/mol. The molecule has 1 amide bonds. The molecule has 0 bridgehead atoms. The molecule has 10 nitrogen and oxygen atoms in total. The number of nitrogens with zero attached hydrogens (tertiary/aromatic N) is 2. The number of H-pyrrole nitrogens is 1. The number of benzene rings is 1. The number of aromatic nitrogens is 1. The molecule has 1 aliphatic heterocycles. The predicted octanol–water partition coefficient (Wildman–Crippen LogP) is 1.49. The topological polar surface area (TPSA) is 154 Å². The number of amides is 1. The summed E-state index contributed by atoms with van der Waals surface area (Å²) in [6, 6.07) is 6.41. The number of carbonyl (C=O) groups is 3. The third kappa shape index (κ3) is 6.34. The van der Waals surface area contributed by atoms with Crippen molar-refractivity contribution in [3.8, 4) is 0 Å². The Morgan fingerprint density at radius 1 is 1.31 bits per heavy atom. The van der Waals surface area contributed by atoms with E-state index >= 15 is 0 Å². The van der Waals surface area contributed by atoms with E-state index in [4.69, 9.17) is 15.0 Å². The molecule has 0 unspecified atom stereocenters. The van der Waals surface area contributed by atoms with Crippen LogP contribution in [0.3, 0.4) is 0 Å². The van der Waals surface area contributed by atoms with Crippen LogP contribution >= 0.6 is 0 Å². The Labute approximate surface area is 184 Å². The minimum Gasteiger partial charge on any atom is -0.480 e. The molecule has 0 spiro atoms. The molecule has 10 heteroatoms. The summed E-state index contributed by atoms with van der Waals surface area (Å²) in [4.78, 5) is 42.0. The lowest BCUT2D eigenvalue weighted by Gasteiger charge is -2.28. The molecule has 1 aromatic heterocycles. The number of hydrogen-bond donors (Lipinski definition) is 3. The van der Waals surface area contributed by atoms with Gasteiger partial charge >= 0.3 is 12.2 Å². The number of ketones is 1. The Hall–Kier alpha value is -3.33. The minimum absolute atomic E-state index is 0.136. The van der Waals surface area contributed by atoms with Gasteiger partial charge < -0.3 is 30.4 Å². The van der Waals surface area contributed by atoms with E-state index in [0.29, 0.717) is 32.3 Å². The van der Waals surface area contributed by atoms with Crippen molar-refractivity contribution in [3.63, 3.8) is 0 Å². The Morgan fingerprint density at radius 3 is 2.78 bits per heavy atom. The van der Waals surface area contributed by atoms with Crippen molar-refractivity contribution < 1.29 is 33.8 Å². The van der Waals surface area contributed by atoms with Crippen molar-refractivity contribution in [1.29, 1.82) is 0 Å². The number of carboxylic acids is 1. The average molecular weight is 442 g/mol. The van der Waals surface area contributed by atoms with Gasteiger partial charge in [-0.1, -0.05) is 18.2 Å². The van der Waals surface area contributed by atoms with Gasteiger partial charge in [-0.3, -0.25) is 9.59 Å². The van der Waals surface area contributed by atoms with Crippen LogP contribution < -0.4 is 5.32 Å². The van der Waals surface area contributed by atoms with Crippen LogP contribution in [0.25, 0.3) is 16.4 Å². The van der Waals surface area contributed by atoms with Gasteiger partial charge in [0.2, 0.25) is 11.7 Å².